The molecule has 0 atom stereocenters. The van der Waals surface area contributed by atoms with Gasteiger partial charge in [-0.25, -0.2) is 0 Å². The second-order valence-corrected chi connectivity index (χ2v) is 7.11. The van der Waals surface area contributed by atoms with Crippen LogP contribution in [-0.2, 0) is 9.53 Å². The van der Waals surface area contributed by atoms with E-state index in [2.05, 4.69) is 15.1 Å². The van der Waals surface area contributed by atoms with Gasteiger partial charge in [-0.15, -0.1) is 10.2 Å². The summed E-state index contributed by atoms with van der Waals surface area (Å²) in [6, 6.07) is 4.05. The minimum atomic E-state index is -0.0892. The molecule has 0 N–H and O–H groups in total. The van der Waals surface area contributed by atoms with Crippen LogP contribution in [0.1, 0.15) is 12.8 Å². The van der Waals surface area contributed by atoms with Gasteiger partial charge in [0.05, 0.1) is 43.9 Å². The number of ether oxygens (including phenoxy) is 1. The zero-order valence-electron chi connectivity index (χ0n) is 13.2. The molecule has 1 fully saturated rings. The molecular weight excluding hydrogens is 348 g/mol. The lowest BCUT2D eigenvalue weighted by Crippen LogP contribution is -2.36. The van der Waals surface area contributed by atoms with Crippen LogP contribution >= 0.6 is 23.1 Å². The number of thioether (sulfide) groups is 1. The van der Waals surface area contributed by atoms with E-state index in [0.29, 0.717) is 26.3 Å². The lowest BCUT2D eigenvalue weighted by molar-refractivity contribution is -0.128. The van der Waals surface area contributed by atoms with Crippen molar-refractivity contribution in [1.29, 1.82) is 10.5 Å². The molecule has 0 aromatic carbocycles. The van der Waals surface area contributed by atoms with E-state index in [1.807, 2.05) is 12.1 Å². The molecule has 24 heavy (non-hydrogen) atoms. The van der Waals surface area contributed by atoms with Gasteiger partial charge in [0.1, 0.15) is 0 Å². The van der Waals surface area contributed by atoms with Crippen molar-refractivity contribution in [3.05, 3.63) is 0 Å². The number of anilines is 1. The van der Waals surface area contributed by atoms with Gasteiger partial charge in [-0.05, 0) is 0 Å². The van der Waals surface area contributed by atoms with E-state index in [1.54, 1.807) is 4.90 Å². The van der Waals surface area contributed by atoms with Crippen molar-refractivity contribution in [3.8, 4) is 12.1 Å². The Hall–Kier alpha value is -1.88. The maximum absolute atomic E-state index is 12.3. The van der Waals surface area contributed by atoms with Crippen molar-refractivity contribution >= 4 is 34.1 Å². The molecule has 1 aliphatic rings. The summed E-state index contributed by atoms with van der Waals surface area (Å²) < 4.78 is 6.05. The monoisotopic (exact) mass is 366 g/mol. The number of nitrogens with zero attached hydrogens (tertiary/aromatic N) is 6. The van der Waals surface area contributed by atoms with Gasteiger partial charge in [-0.3, -0.25) is 4.79 Å². The van der Waals surface area contributed by atoms with E-state index in [0.717, 1.165) is 22.6 Å². The van der Waals surface area contributed by atoms with Crippen LogP contribution in [0.5, 0.6) is 0 Å². The van der Waals surface area contributed by atoms with Crippen molar-refractivity contribution in [1.82, 2.24) is 15.1 Å². The fourth-order valence-electron chi connectivity index (χ4n) is 2.09. The molecule has 1 aliphatic heterocycles. The second-order valence-electron chi connectivity index (χ2n) is 4.94. The smallest absolute Gasteiger partial charge is 0.233 e. The third-order valence-electron chi connectivity index (χ3n) is 3.34. The topological polar surface area (TPSA) is 106 Å². The molecule has 128 valence electrons. The average Bonchev–Trinajstić information content (AvgIpc) is 3.09. The Balaban J connectivity index is 1.84. The van der Waals surface area contributed by atoms with E-state index in [1.165, 1.54) is 23.1 Å². The van der Waals surface area contributed by atoms with Crippen LogP contribution in [0, 0.1) is 22.7 Å². The van der Waals surface area contributed by atoms with Crippen LogP contribution in [-0.4, -0.2) is 66.2 Å². The van der Waals surface area contributed by atoms with Gasteiger partial charge >= 0.3 is 0 Å². The molecule has 2 rings (SSSR count). The number of carbonyl (C=O) groups excluding carboxylic acids is 1. The molecule has 1 amide bonds. The first kappa shape index (κ1) is 18.5. The lowest BCUT2D eigenvalue weighted by atomic mass is 10.3. The molecule has 0 unspecified atom stereocenters. The largest absolute Gasteiger partial charge is 0.378 e. The maximum atomic E-state index is 12.3. The summed E-state index contributed by atoms with van der Waals surface area (Å²) in [7, 11) is 0. The molecule has 0 aliphatic carbocycles. The third kappa shape index (κ3) is 5.64. The highest BCUT2D eigenvalue weighted by Gasteiger charge is 2.18. The molecule has 1 aromatic heterocycles. The first-order valence-corrected chi connectivity index (χ1v) is 9.35. The number of rotatable bonds is 8. The SMILES string of the molecule is N#CCCN(CCC#N)C(=O)CSc1nnc(N2CCOCC2)s1. The third-order valence-corrected chi connectivity index (χ3v) is 5.44. The zero-order chi connectivity index (χ0) is 17.2. The molecular formula is C14H18N6O2S2. The summed E-state index contributed by atoms with van der Waals surface area (Å²) in [4.78, 5) is 15.9. The quantitative estimate of drug-likeness (QED) is 0.630. The second kappa shape index (κ2) is 10.1. The Bertz CT molecular complexity index is 600. The molecule has 1 aromatic rings. The van der Waals surface area contributed by atoms with Crippen LogP contribution in [0.15, 0.2) is 4.34 Å². The van der Waals surface area contributed by atoms with Crippen LogP contribution in [0.4, 0.5) is 5.13 Å². The van der Waals surface area contributed by atoms with E-state index in [4.69, 9.17) is 15.3 Å². The lowest BCUT2D eigenvalue weighted by Gasteiger charge is -2.25. The number of aromatic nitrogens is 2. The van der Waals surface area contributed by atoms with Crippen molar-refractivity contribution in [2.75, 3.05) is 50.0 Å². The van der Waals surface area contributed by atoms with E-state index < -0.39 is 0 Å². The van der Waals surface area contributed by atoms with E-state index in [9.17, 15) is 4.79 Å². The number of carbonyl (C=O) groups is 1. The van der Waals surface area contributed by atoms with Crippen LogP contribution in [0.3, 0.4) is 0 Å². The summed E-state index contributed by atoms with van der Waals surface area (Å²) in [5.41, 5.74) is 0. The molecule has 0 bridgehead atoms. The number of hydrogen-bond donors (Lipinski definition) is 0. The Morgan fingerprint density at radius 1 is 1.25 bits per heavy atom. The highest BCUT2D eigenvalue weighted by molar-refractivity contribution is 8.01. The average molecular weight is 366 g/mol. The first-order chi connectivity index (χ1) is 11.7. The Labute approximate surface area is 149 Å². The minimum absolute atomic E-state index is 0.0892. The molecule has 0 saturated carbocycles. The normalized spacial score (nSPS) is 14.0. The fraction of sp³-hybridized carbons (Fsp3) is 0.643. The van der Waals surface area contributed by atoms with Gasteiger partial charge in [0.15, 0.2) is 4.34 Å². The number of nitriles is 2. The molecule has 2 heterocycles. The van der Waals surface area contributed by atoms with E-state index >= 15 is 0 Å². The number of amides is 1. The molecule has 8 nitrogen and oxygen atoms in total. The van der Waals surface area contributed by atoms with Gasteiger partial charge in [0.2, 0.25) is 11.0 Å². The summed E-state index contributed by atoms with van der Waals surface area (Å²) in [5.74, 6) is 0.142. The number of hydrogen-bond acceptors (Lipinski definition) is 9. The Morgan fingerprint density at radius 2 is 1.92 bits per heavy atom. The Morgan fingerprint density at radius 3 is 2.54 bits per heavy atom. The maximum Gasteiger partial charge on any atom is 0.233 e. The Kier molecular flexibility index (Phi) is 7.75. The highest BCUT2D eigenvalue weighted by atomic mass is 32.2. The summed E-state index contributed by atoms with van der Waals surface area (Å²) >= 11 is 2.80. The van der Waals surface area contributed by atoms with Gasteiger partial charge in [0, 0.05) is 26.2 Å². The van der Waals surface area contributed by atoms with Crippen molar-refractivity contribution < 1.29 is 9.53 Å². The van der Waals surface area contributed by atoms with Gasteiger partial charge < -0.3 is 14.5 Å². The van der Waals surface area contributed by atoms with Crippen molar-refractivity contribution in [3.63, 3.8) is 0 Å². The van der Waals surface area contributed by atoms with Crippen LogP contribution < -0.4 is 4.90 Å². The van der Waals surface area contributed by atoms with Gasteiger partial charge in [-0.2, -0.15) is 10.5 Å². The predicted molar refractivity (Wildman–Crippen MR) is 90.7 cm³/mol. The van der Waals surface area contributed by atoms with Gasteiger partial charge in [0.25, 0.3) is 0 Å². The van der Waals surface area contributed by atoms with Gasteiger partial charge in [-0.1, -0.05) is 23.1 Å². The minimum Gasteiger partial charge on any atom is -0.378 e. The molecule has 1 saturated heterocycles. The first-order valence-electron chi connectivity index (χ1n) is 7.55. The summed E-state index contributed by atoms with van der Waals surface area (Å²) in [5, 5.41) is 26.5. The fourth-order valence-corrected chi connectivity index (χ4v) is 3.88. The zero-order valence-corrected chi connectivity index (χ0v) is 14.8. The summed E-state index contributed by atoms with van der Waals surface area (Å²) in [6.07, 6.45) is 0.531. The molecule has 0 spiro atoms. The highest BCUT2D eigenvalue weighted by Crippen LogP contribution is 2.28. The number of morpholine rings is 1. The molecule has 0 radical (unpaired) electrons. The molecule has 10 heteroatoms. The van der Waals surface area contributed by atoms with E-state index in [-0.39, 0.29) is 24.5 Å². The van der Waals surface area contributed by atoms with Crippen molar-refractivity contribution in [2.24, 2.45) is 0 Å². The standard InChI is InChI=1S/C14H18N6O2S2/c15-3-1-5-19(6-2-4-16)12(21)11-23-14-18-17-13(24-14)20-7-9-22-10-8-20/h1-2,5-11H2. The summed E-state index contributed by atoms with van der Waals surface area (Å²) in [6.45, 7) is 3.68. The van der Waals surface area contributed by atoms with Crippen LogP contribution in [0.2, 0.25) is 0 Å². The predicted octanol–water partition coefficient (Wildman–Crippen LogP) is 1.12. The van der Waals surface area contributed by atoms with Crippen LogP contribution in [0.25, 0.3) is 0 Å². The van der Waals surface area contributed by atoms with Crippen molar-refractivity contribution in [2.45, 2.75) is 17.2 Å².